The van der Waals surface area contributed by atoms with Crippen LogP contribution in [0.2, 0.25) is 0 Å². The monoisotopic (exact) mass is 251 g/mol. The smallest absolute Gasteiger partial charge is 0.410 e. The molecular formula is C13H21N3O2. The topological polar surface area (TPSA) is 47.4 Å². The first-order valence-corrected chi connectivity index (χ1v) is 6.34. The maximum absolute atomic E-state index is 11.9. The highest BCUT2D eigenvalue weighted by molar-refractivity contribution is 5.68. The van der Waals surface area contributed by atoms with Crippen molar-refractivity contribution < 1.29 is 9.53 Å². The second-order valence-corrected chi connectivity index (χ2v) is 5.87. The van der Waals surface area contributed by atoms with Crippen LogP contribution in [0, 0.1) is 6.92 Å². The zero-order valence-electron chi connectivity index (χ0n) is 11.5. The Morgan fingerprint density at radius 2 is 2.22 bits per heavy atom. The zero-order valence-corrected chi connectivity index (χ0v) is 11.5. The number of hydrogen-bond acceptors (Lipinski definition) is 3. The highest BCUT2D eigenvalue weighted by Gasteiger charge is 2.30. The van der Waals surface area contributed by atoms with Crippen molar-refractivity contribution in [3.8, 4) is 0 Å². The van der Waals surface area contributed by atoms with Crippen LogP contribution in [0.25, 0.3) is 0 Å². The highest BCUT2D eigenvalue weighted by atomic mass is 16.6. The molecule has 1 fully saturated rings. The summed E-state index contributed by atoms with van der Waals surface area (Å²) >= 11 is 0. The van der Waals surface area contributed by atoms with E-state index in [0.29, 0.717) is 6.54 Å². The van der Waals surface area contributed by atoms with Gasteiger partial charge in [-0.25, -0.2) is 4.79 Å². The van der Waals surface area contributed by atoms with Crippen molar-refractivity contribution in [1.82, 2.24) is 14.7 Å². The van der Waals surface area contributed by atoms with Gasteiger partial charge in [-0.3, -0.25) is 4.68 Å². The van der Waals surface area contributed by atoms with E-state index in [0.717, 1.165) is 18.5 Å². The quantitative estimate of drug-likeness (QED) is 0.770. The molecule has 1 aliphatic rings. The van der Waals surface area contributed by atoms with Crippen LogP contribution < -0.4 is 0 Å². The fraction of sp³-hybridized carbons (Fsp3) is 0.692. The molecule has 2 rings (SSSR count). The molecule has 1 saturated heterocycles. The van der Waals surface area contributed by atoms with Crippen molar-refractivity contribution in [2.24, 2.45) is 0 Å². The molecule has 0 aliphatic carbocycles. The third-order valence-corrected chi connectivity index (χ3v) is 2.92. The van der Waals surface area contributed by atoms with Crippen molar-refractivity contribution in [3.63, 3.8) is 0 Å². The van der Waals surface area contributed by atoms with Gasteiger partial charge in [0.25, 0.3) is 0 Å². The lowest BCUT2D eigenvalue weighted by Crippen LogP contribution is -2.35. The summed E-state index contributed by atoms with van der Waals surface area (Å²) in [4.78, 5) is 13.7. The van der Waals surface area contributed by atoms with Crippen LogP contribution in [0.4, 0.5) is 4.79 Å². The molecule has 0 saturated carbocycles. The van der Waals surface area contributed by atoms with Crippen molar-refractivity contribution in [2.45, 2.75) is 45.8 Å². The fourth-order valence-electron chi connectivity index (χ4n) is 2.08. The number of likely N-dealkylation sites (tertiary alicyclic amines) is 1. The minimum absolute atomic E-state index is 0.228. The lowest BCUT2D eigenvalue weighted by molar-refractivity contribution is 0.0288. The van der Waals surface area contributed by atoms with Gasteiger partial charge in [-0.05, 0) is 39.7 Å². The van der Waals surface area contributed by atoms with Crippen molar-refractivity contribution in [2.75, 3.05) is 13.1 Å². The van der Waals surface area contributed by atoms with E-state index < -0.39 is 5.60 Å². The molecule has 0 spiro atoms. The van der Waals surface area contributed by atoms with E-state index in [-0.39, 0.29) is 12.1 Å². The van der Waals surface area contributed by atoms with Gasteiger partial charge in [-0.1, -0.05) is 0 Å². The fourth-order valence-corrected chi connectivity index (χ4v) is 2.08. The van der Waals surface area contributed by atoms with E-state index >= 15 is 0 Å². The highest BCUT2D eigenvalue weighted by Crippen LogP contribution is 2.23. The molecule has 0 N–H and O–H groups in total. The third kappa shape index (κ3) is 3.03. The van der Waals surface area contributed by atoms with E-state index in [1.807, 2.05) is 44.8 Å². The molecule has 5 nitrogen and oxygen atoms in total. The Kier molecular flexibility index (Phi) is 3.32. The SMILES string of the molecule is Cc1cnn([C@@H]2CCN(C(=O)OC(C)(C)C)C2)c1. The first-order chi connectivity index (χ1) is 8.35. The van der Waals surface area contributed by atoms with Gasteiger partial charge in [0.2, 0.25) is 0 Å². The summed E-state index contributed by atoms with van der Waals surface area (Å²) in [6.07, 6.45) is 4.56. The predicted octanol–water partition coefficient (Wildman–Crippen LogP) is 2.37. The summed E-state index contributed by atoms with van der Waals surface area (Å²) in [6.45, 7) is 9.08. The van der Waals surface area contributed by atoms with Crippen molar-refractivity contribution >= 4 is 6.09 Å². The molecule has 0 bridgehead atoms. The Balaban J connectivity index is 1.94. The Morgan fingerprint density at radius 3 is 2.78 bits per heavy atom. The van der Waals surface area contributed by atoms with E-state index in [2.05, 4.69) is 5.10 Å². The average Bonchev–Trinajstić information content (AvgIpc) is 2.82. The van der Waals surface area contributed by atoms with Gasteiger partial charge in [-0.15, -0.1) is 0 Å². The molecule has 5 heteroatoms. The van der Waals surface area contributed by atoms with Crippen LogP contribution in [-0.2, 0) is 4.74 Å². The second kappa shape index (κ2) is 4.63. The molecule has 18 heavy (non-hydrogen) atoms. The summed E-state index contributed by atoms with van der Waals surface area (Å²) in [5.74, 6) is 0. The largest absolute Gasteiger partial charge is 0.444 e. The molecule has 100 valence electrons. The molecule has 0 aromatic carbocycles. The lowest BCUT2D eigenvalue weighted by atomic mass is 10.2. The van der Waals surface area contributed by atoms with E-state index in [4.69, 9.17) is 4.74 Å². The first-order valence-electron chi connectivity index (χ1n) is 6.34. The van der Waals surface area contributed by atoms with Gasteiger partial charge in [0.15, 0.2) is 0 Å². The van der Waals surface area contributed by atoms with Crippen LogP contribution in [0.3, 0.4) is 0 Å². The van der Waals surface area contributed by atoms with Gasteiger partial charge < -0.3 is 9.64 Å². The number of ether oxygens (including phenoxy) is 1. The van der Waals surface area contributed by atoms with E-state index in [1.165, 1.54) is 0 Å². The van der Waals surface area contributed by atoms with Crippen molar-refractivity contribution in [3.05, 3.63) is 18.0 Å². The number of nitrogens with zero attached hydrogens (tertiary/aromatic N) is 3. The Bertz CT molecular complexity index is 434. The van der Waals surface area contributed by atoms with Gasteiger partial charge in [0, 0.05) is 19.3 Å². The number of carbonyl (C=O) groups is 1. The summed E-state index contributed by atoms with van der Waals surface area (Å²) in [5.41, 5.74) is 0.711. The summed E-state index contributed by atoms with van der Waals surface area (Å²) in [7, 11) is 0. The maximum atomic E-state index is 11.9. The van der Waals surface area contributed by atoms with Gasteiger partial charge >= 0.3 is 6.09 Å². The van der Waals surface area contributed by atoms with Gasteiger partial charge in [-0.2, -0.15) is 5.10 Å². The van der Waals surface area contributed by atoms with Crippen LogP contribution in [0.1, 0.15) is 38.8 Å². The number of aryl methyl sites for hydroxylation is 1. The summed E-state index contributed by atoms with van der Waals surface area (Å²) < 4.78 is 7.31. The summed E-state index contributed by atoms with van der Waals surface area (Å²) in [5, 5.41) is 4.30. The Labute approximate surface area is 108 Å². The maximum Gasteiger partial charge on any atom is 0.410 e. The first kappa shape index (κ1) is 12.9. The lowest BCUT2D eigenvalue weighted by Gasteiger charge is -2.24. The normalized spacial score (nSPS) is 20.2. The minimum atomic E-state index is -0.433. The van der Waals surface area contributed by atoms with E-state index in [9.17, 15) is 4.79 Å². The standard InChI is InChI=1S/C13H21N3O2/c1-10-7-14-16(8-10)11-5-6-15(9-11)12(17)18-13(2,3)4/h7-8,11H,5-6,9H2,1-4H3/t11-/m1/s1. The Hall–Kier alpha value is -1.52. The number of amides is 1. The predicted molar refractivity (Wildman–Crippen MR) is 68.4 cm³/mol. The molecule has 0 unspecified atom stereocenters. The van der Waals surface area contributed by atoms with Gasteiger partial charge in [0.05, 0.1) is 12.2 Å². The number of rotatable bonds is 1. The van der Waals surface area contributed by atoms with Crippen molar-refractivity contribution in [1.29, 1.82) is 0 Å². The minimum Gasteiger partial charge on any atom is -0.444 e. The number of aromatic nitrogens is 2. The molecular weight excluding hydrogens is 230 g/mol. The summed E-state index contributed by atoms with van der Waals surface area (Å²) in [6, 6.07) is 0.270. The van der Waals surface area contributed by atoms with Crippen LogP contribution in [0.15, 0.2) is 12.4 Å². The van der Waals surface area contributed by atoms with Gasteiger partial charge in [0.1, 0.15) is 5.60 Å². The molecule has 1 aromatic heterocycles. The molecule has 1 atom stereocenters. The molecule has 1 aliphatic heterocycles. The van der Waals surface area contributed by atoms with Crippen LogP contribution >= 0.6 is 0 Å². The average molecular weight is 251 g/mol. The third-order valence-electron chi connectivity index (χ3n) is 2.92. The second-order valence-electron chi connectivity index (χ2n) is 5.87. The molecule has 1 amide bonds. The zero-order chi connectivity index (χ0) is 13.3. The molecule has 1 aromatic rings. The van der Waals surface area contributed by atoms with Crippen LogP contribution in [0.5, 0.6) is 0 Å². The van der Waals surface area contributed by atoms with Crippen LogP contribution in [-0.4, -0.2) is 39.5 Å². The number of carbonyl (C=O) groups excluding carboxylic acids is 1. The molecule has 0 radical (unpaired) electrons. The molecule has 2 heterocycles. The Morgan fingerprint density at radius 1 is 1.50 bits per heavy atom. The van der Waals surface area contributed by atoms with E-state index in [1.54, 1.807) is 4.90 Å². The number of hydrogen-bond donors (Lipinski definition) is 0.